The number of oxime groups is 1. The van der Waals surface area contributed by atoms with Crippen molar-refractivity contribution in [2.24, 2.45) is 38.7 Å². The number of carbonyl (C=O) groups excluding carboxylic acids is 2. The zero-order valence-electron chi connectivity index (χ0n) is 23.2. The molecule has 4 aliphatic carbocycles. The van der Waals surface area contributed by atoms with Gasteiger partial charge in [-0.3, -0.25) is 4.79 Å². The van der Waals surface area contributed by atoms with E-state index < -0.39 is 5.97 Å². The first-order valence-electron chi connectivity index (χ1n) is 14.2. The summed E-state index contributed by atoms with van der Waals surface area (Å²) < 4.78 is 16.2. The van der Waals surface area contributed by atoms with Crippen LogP contribution in [0, 0.1) is 33.5 Å². The number of hydrogen-bond acceptors (Lipinski definition) is 7. The largest absolute Gasteiger partial charge is 0.466 e. The Balaban J connectivity index is 1.32. The molecular weight excluding hydrogens is 470 g/mol. The summed E-state index contributed by atoms with van der Waals surface area (Å²) >= 11 is 0. The Bertz CT molecular complexity index is 1080. The smallest absolute Gasteiger partial charge is 0.374 e. The molecule has 1 heterocycles. The van der Waals surface area contributed by atoms with E-state index in [4.69, 9.17) is 18.7 Å². The van der Waals surface area contributed by atoms with Crippen LogP contribution in [0.2, 0.25) is 0 Å². The first-order chi connectivity index (χ1) is 17.6. The number of esters is 2. The molecule has 204 valence electrons. The minimum atomic E-state index is -0.465. The highest BCUT2D eigenvalue weighted by Gasteiger charge is 2.67. The molecule has 0 aliphatic heterocycles. The normalized spacial score (nSPS) is 39.5. The molecule has 5 rings (SSSR count). The Labute approximate surface area is 220 Å². The van der Waals surface area contributed by atoms with Gasteiger partial charge >= 0.3 is 11.9 Å². The molecular formula is C30H43NO6. The van der Waals surface area contributed by atoms with Crippen molar-refractivity contribution < 1.29 is 28.3 Å². The number of nitrogens with zero attached hydrogens (tertiary/aromatic N) is 1. The van der Waals surface area contributed by atoms with Gasteiger partial charge in [-0.1, -0.05) is 25.4 Å². The van der Waals surface area contributed by atoms with Crippen LogP contribution < -0.4 is 0 Å². The van der Waals surface area contributed by atoms with Gasteiger partial charge in [-0.2, -0.15) is 0 Å². The first-order valence-corrected chi connectivity index (χ1v) is 14.2. The predicted octanol–water partition coefficient (Wildman–Crippen LogP) is 6.70. The van der Waals surface area contributed by atoms with E-state index in [0.29, 0.717) is 30.8 Å². The standard InChI is InChI=1S/C30H43NO6/c1-6-34-25(32)21-10-9-20(37-21)18-36-31-24-17-30-16-12-22-28(4,23(30)11-15-27(24,3)19-30)13-8-14-29(22,5)26(33)35-7-2/h9-10,22-23H,6-8,11-19H2,1-5H3/b31-24+/t22-,23-,27-,28+,29+,30-/m0/s1. The third kappa shape index (κ3) is 4.21. The van der Waals surface area contributed by atoms with Crippen molar-refractivity contribution in [3.8, 4) is 0 Å². The highest BCUT2D eigenvalue weighted by Crippen LogP contribution is 2.73. The zero-order valence-corrected chi connectivity index (χ0v) is 23.2. The molecule has 0 amide bonds. The highest BCUT2D eigenvalue weighted by molar-refractivity contribution is 5.93. The first kappa shape index (κ1) is 26.3. The van der Waals surface area contributed by atoms with Crippen LogP contribution >= 0.6 is 0 Å². The fourth-order valence-electron chi connectivity index (χ4n) is 9.15. The quantitative estimate of drug-likeness (QED) is 0.298. The number of rotatable bonds is 7. The van der Waals surface area contributed by atoms with Gasteiger partial charge in [0.15, 0.2) is 6.61 Å². The van der Waals surface area contributed by atoms with Crippen molar-refractivity contribution in [2.45, 2.75) is 99.0 Å². The van der Waals surface area contributed by atoms with E-state index >= 15 is 0 Å². The van der Waals surface area contributed by atoms with Crippen LogP contribution in [0.5, 0.6) is 0 Å². The van der Waals surface area contributed by atoms with Crippen molar-refractivity contribution >= 4 is 17.7 Å². The Hall–Kier alpha value is -2.31. The monoisotopic (exact) mass is 513 g/mol. The summed E-state index contributed by atoms with van der Waals surface area (Å²) in [5, 5.41) is 4.68. The molecule has 7 nitrogen and oxygen atoms in total. The minimum absolute atomic E-state index is 0.00800. The maximum atomic E-state index is 13.2. The van der Waals surface area contributed by atoms with Crippen LogP contribution in [0.1, 0.15) is 109 Å². The summed E-state index contributed by atoms with van der Waals surface area (Å²) in [6.45, 7) is 11.6. The van der Waals surface area contributed by atoms with Crippen LogP contribution in [-0.2, 0) is 25.7 Å². The molecule has 6 atom stereocenters. The van der Waals surface area contributed by atoms with E-state index in [0.717, 1.165) is 50.7 Å². The summed E-state index contributed by atoms with van der Waals surface area (Å²) in [5.74, 6) is 1.25. The Kier molecular flexibility index (Phi) is 6.73. The van der Waals surface area contributed by atoms with Gasteiger partial charge in [0.05, 0.1) is 24.3 Å². The lowest BCUT2D eigenvalue weighted by Gasteiger charge is -2.64. The maximum absolute atomic E-state index is 13.2. The highest BCUT2D eigenvalue weighted by atomic mass is 16.6. The second-order valence-corrected chi connectivity index (χ2v) is 12.8. The van der Waals surface area contributed by atoms with Gasteiger partial charge in [-0.15, -0.1) is 0 Å². The van der Waals surface area contributed by atoms with Crippen LogP contribution in [0.15, 0.2) is 21.7 Å². The van der Waals surface area contributed by atoms with Crippen molar-refractivity contribution in [2.75, 3.05) is 13.2 Å². The second kappa shape index (κ2) is 9.46. The van der Waals surface area contributed by atoms with Crippen molar-refractivity contribution in [3.63, 3.8) is 0 Å². The van der Waals surface area contributed by atoms with Gasteiger partial charge in [0.2, 0.25) is 5.76 Å². The third-order valence-electron chi connectivity index (χ3n) is 10.6. The van der Waals surface area contributed by atoms with Crippen molar-refractivity contribution in [3.05, 3.63) is 23.7 Å². The fraction of sp³-hybridized carbons (Fsp3) is 0.767. The molecule has 1 aromatic rings. The van der Waals surface area contributed by atoms with E-state index in [-0.39, 0.29) is 40.0 Å². The molecule has 0 radical (unpaired) electrons. The SMILES string of the molecule is CCOC(=O)c1ccc(CO/N=C2\C[C@]34CC[C@H]5[C@@](C)(CCC[C@@]5(C)C(=O)OCC)[C@@H]3CC[C@@]2(C)C4)o1. The summed E-state index contributed by atoms with van der Waals surface area (Å²) in [6.07, 6.45) is 9.86. The van der Waals surface area contributed by atoms with Crippen molar-refractivity contribution in [1.82, 2.24) is 0 Å². The van der Waals surface area contributed by atoms with Gasteiger partial charge in [-0.05, 0) is 107 Å². The molecule has 7 heteroatoms. The Morgan fingerprint density at radius 2 is 1.76 bits per heavy atom. The number of furan rings is 1. The van der Waals surface area contributed by atoms with E-state index in [1.807, 2.05) is 6.92 Å². The fourth-order valence-corrected chi connectivity index (χ4v) is 9.15. The van der Waals surface area contributed by atoms with Gasteiger partial charge < -0.3 is 18.7 Å². The van der Waals surface area contributed by atoms with E-state index in [9.17, 15) is 9.59 Å². The lowest BCUT2D eigenvalue weighted by molar-refractivity contribution is -0.187. The van der Waals surface area contributed by atoms with E-state index in [1.54, 1.807) is 19.1 Å². The lowest BCUT2D eigenvalue weighted by atomic mass is 9.40. The van der Waals surface area contributed by atoms with Crippen molar-refractivity contribution in [1.29, 1.82) is 0 Å². The number of hydrogen-bond donors (Lipinski definition) is 0. The molecule has 0 saturated heterocycles. The topological polar surface area (TPSA) is 87.3 Å². The molecule has 0 aromatic carbocycles. The van der Waals surface area contributed by atoms with Crippen LogP contribution in [0.25, 0.3) is 0 Å². The van der Waals surface area contributed by atoms with E-state index in [2.05, 4.69) is 25.9 Å². The third-order valence-corrected chi connectivity index (χ3v) is 10.6. The average Bonchev–Trinajstić information content (AvgIpc) is 3.39. The average molecular weight is 514 g/mol. The number of fused-ring (bicyclic) bond motifs is 3. The molecule has 0 unspecified atom stereocenters. The van der Waals surface area contributed by atoms with Gasteiger partial charge in [0, 0.05) is 5.41 Å². The Morgan fingerprint density at radius 3 is 2.51 bits per heavy atom. The summed E-state index contributed by atoms with van der Waals surface area (Å²) in [4.78, 5) is 30.8. The lowest BCUT2D eigenvalue weighted by Crippen LogP contribution is -2.58. The van der Waals surface area contributed by atoms with Gasteiger partial charge in [0.25, 0.3) is 0 Å². The molecule has 4 aliphatic rings. The number of ether oxygens (including phenoxy) is 2. The summed E-state index contributed by atoms with van der Waals surface area (Å²) in [6, 6.07) is 3.35. The Morgan fingerprint density at radius 1 is 1.00 bits per heavy atom. The molecule has 1 aromatic heterocycles. The molecule has 1 spiro atoms. The zero-order chi connectivity index (χ0) is 26.5. The van der Waals surface area contributed by atoms with Gasteiger partial charge in [-0.25, -0.2) is 4.79 Å². The van der Waals surface area contributed by atoms with E-state index in [1.165, 1.54) is 12.8 Å². The minimum Gasteiger partial charge on any atom is -0.466 e. The summed E-state index contributed by atoms with van der Waals surface area (Å²) in [5.41, 5.74) is 1.22. The summed E-state index contributed by atoms with van der Waals surface area (Å²) in [7, 11) is 0. The van der Waals surface area contributed by atoms with Crippen LogP contribution in [0.3, 0.4) is 0 Å². The molecule has 4 fully saturated rings. The van der Waals surface area contributed by atoms with Crippen LogP contribution in [-0.4, -0.2) is 30.9 Å². The molecule has 4 saturated carbocycles. The molecule has 37 heavy (non-hydrogen) atoms. The predicted molar refractivity (Wildman–Crippen MR) is 139 cm³/mol. The van der Waals surface area contributed by atoms with Gasteiger partial charge in [0.1, 0.15) is 5.76 Å². The second-order valence-electron chi connectivity index (χ2n) is 12.8. The molecule has 0 N–H and O–H groups in total. The van der Waals surface area contributed by atoms with Crippen LogP contribution in [0.4, 0.5) is 0 Å². The maximum Gasteiger partial charge on any atom is 0.374 e. The number of carbonyl (C=O) groups is 2. The molecule has 2 bridgehead atoms.